The Hall–Kier alpha value is -3.41. The van der Waals surface area contributed by atoms with E-state index < -0.39 is 26.0 Å². The second kappa shape index (κ2) is 10.7. The molecule has 0 saturated heterocycles. The monoisotopic (exact) mass is 531 g/mol. The van der Waals surface area contributed by atoms with Gasteiger partial charge in [-0.25, -0.2) is 21.6 Å². The van der Waals surface area contributed by atoms with Crippen LogP contribution in [0.3, 0.4) is 0 Å². The lowest BCUT2D eigenvalue weighted by Gasteiger charge is -2.15. The van der Waals surface area contributed by atoms with E-state index in [0.717, 1.165) is 5.56 Å². The van der Waals surface area contributed by atoms with E-state index in [1.54, 1.807) is 52.0 Å². The standard InChI is InChI=1S/C25H29N3O6S2/c1-16(2)27-35(30,31)20-12-13-23(34-5)22(15-20)26-25(29)19-11-10-18(4)24(14-19)36(32,33)28-21-9-7-6-8-17(21)3/h6-16,27-28H,1-5H3,(H,26,29). The molecular formula is C25H29N3O6S2. The maximum absolute atomic E-state index is 13.1. The molecule has 0 unspecified atom stereocenters. The molecule has 0 aromatic heterocycles. The van der Waals surface area contributed by atoms with Crippen molar-refractivity contribution in [2.75, 3.05) is 17.1 Å². The quantitative estimate of drug-likeness (QED) is 0.382. The number of hydrogen-bond donors (Lipinski definition) is 3. The Morgan fingerprint density at radius 1 is 0.833 bits per heavy atom. The van der Waals surface area contributed by atoms with Crippen LogP contribution in [0, 0.1) is 13.8 Å². The summed E-state index contributed by atoms with van der Waals surface area (Å²) in [4.78, 5) is 13.0. The molecule has 36 heavy (non-hydrogen) atoms. The molecule has 0 aliphatic rings. The molecular weight excluding hydrogens is 502 g/mol. The van der Waals surface area contributed by atoms with Gasteiger partial charge in [0.2, 0.25) is 10.0 Å². The SMILES string of the molecule is COc1ccc(S(=O)(=O)NC(C)C)cc1NC(=O)c1ccc(C)c(S(=O)(=O)Nc2ccccc2C)c1. The molecule has 0 spiro atoms. The molecule has 3 aromatic carbocycles. The molecule has 0 fully saturated rings. The van der Waals surface area contributed by atoms with Gasteiger partial charge in [0.05, 0.1) is 28.3 Å². The third-order valence-electron chi connectivity index (χ3n) is 5.25. The fourth-order valence-corrected chi connectivity index (χ4v) is 6.12. The van der Waals surface area contributed by atoms with Gasteiger partial charge in [0.1, 0.15) is 5.75 Å². The zero-order valence-electron chi connectivity index (χ0n) is 20.6. The van der Waals surface area contributed by atoms with Gasteiger partial charge in [-0.05, 0) is 75.2 Å². The molecule has 0 saturated carbocycles. The molecule has 9 nitrogen and oxygen atoms in total. The molecule has 3 rings (SSSR count). The number of carbonyl (C=O) groups excluding carboxylic acids is 1. The van der Waals surface area contributed by atoms with Gasteiger partial charge in [-0.2, -0.15) is 0 Å². The van der Waals surface area contributed by atoms with Gasteiger partial charge in [0.15, 0.2) is 0 Å². The first-order valence-corrected chi connectivity index (χ1v) is 14.0. The fourth-order valence-electron chi connectivity index (χ4n) is 3.44. The Balaban J connectivity index is 1.94. The van der Waals surface area contributed by atoms with Crippen molar-refractivity contribution in [3.05, 3.63) is 77.4 Å². The topological polar surface area (TPSA) is 131 Å². The Bertz CT molecular complexity index is 1500. The Morgan fingerprint density at radius 2 is 1.53 bits per heavy atom. The van der Waals surface area contributed by atoms with E-state index in [1.807, 2.05) is 0 Å². The van der Waals surface area contributed by atoms with Gasteiger partial charge in [0, 0.05) is 11.6 Å². The largest absolute Gasteiger partial charge is 0.495 e. The smallest absolute Gasteiger partial charge is 0.262 e. The summed E-state index contributed by atoms with van der Waals surface area (Å²) < 4.78 is 61.7. The molecule has 192 valence electrons. The third kappa shape index (κ3) is 6.23. The van der Waals surface area contributed by atoms with Crippen LogP contribution in [0.2, 0.25) is 0 Å². The molecule has 0 aliphatic heterocycles. The number of ether oxygens (including phenoxy) is 1. The number of nitrogens with one attached hydrogen (secondary N) is 3. The van der Waals surface area contributed by atoms with Crippen LogP contribution in [0.4, 0.5) is 11.4 Å². The number of para-hydroxylation sites is 1. The Morgan fingerprint density at radius 3 is 2.17 bits per heavy atom. The van der Waals surface area contributed by atoms with E-state index in [-0.39, 0.29) is 32.8 Å². The highest BCUT2D eigenvalue weighted by atomic mass is 32.2. The minimum absolute atomic E-state index is 0.0529. The number of sulfonamides is 2. The molecule has 3 aromatic rings. The molecule has 0 atom stereocenters. The highest BCUT2D eigenvalue weighted by Crippen LogP contribution is 2.29. The number of benzene rings is 3. The van der Waals surface area contributed by atoms with E-state index >= 15 is 0 Å². The van der Waals surface area contributed by atoms with Crippen molar-refractivity contribution in [2.45, 2.75) is 43.5 Å². The number of hydrogen-bond acceptors (Lipinski definition) is 6. The second-order valence-corrected chi connectivity index (χ2v) is 11.9. The average molecular weight is 532 g/mol. The Kier molecular flexibility index (Phi) is 8.07. The van der Waals surface area contributed by atoms with Crippen molar-refractivity contribution < 1.29 is 26.4 Å². The number of methoxy groups -OCH3 is 1. The van der Waals surface area contributed by atoms with Crippen molar-refractivity contribution in [1.82, 2.24) is 4.72 Å². The number of amides is 1. The number of carbonyl (C=O) groups is 1. The van der Waals surface area contributed by atoms with Gasteiger partial charge >= 0.3 is 0 Å². The number of aryl methyl sites for hydroxylation is 2. The summed E-state index contributed by atoms with van der Waals surface area (Å²) in [6.45, 7) is 6.81. The van der Waals surface area contributed by atoms with E-state index in [0.29, 0.717) is 11.3 Å². The van der Waals surface area contributed by atoms with Gasteiger partial charge in [-0.3, -0.25) is 9.52 Å². The van der Waals surface area contributed by atoms with Gasteiger partial charge < -0.3 is 10.1 Å². The first kappa shape index (κ1) is 27.2. The van der Waals surface area contributed by atoms with Crippen LogP contribution in [0.15, 0.2) is 70.5 Å². The lowest BCUT2D eigenvalue weighted by molar-refractivity contribution is 0.102. The zero-order chi connectivity index (χ0) is 26.7. The van der Waals surface area contributed by atoms with Crippen LogP contribution in [-0.2, 0) is 20.0 Å². The molecule has 0 aliphatic carbocycles. The summed E-state index contributed by atoms with van der Waals surface area (Å²) in [5, 5.41) is 2.63. The minimum atomic E-state index is -3.99. The molecule has 1 amide bonds. The molecule has 0 heterocycles. The summed E-state index contributed by atoms with van der Waals surface area (Å²) in [5.74, 6) is -0.389. The van der Waals surface area contributed by atoms with Crippen LogP contribution < -0.4 is 19.5 Å². The maximum atomic E-state index is 13.1. The van der Waals surface area contributed by atoms with Crippen LogP contribution in [0.25, 0.3) is 0 Å². The van der Waals surface area contributed by atoms with Crippen molar-refractivity contribution in [3.8, 4) is 5.75 Å². The highest BCUT2D eigenvalue weighted by molar-refractivity contribution is 7.92. The van der Waals surface area contributed by atoms with Crippen LogP contribution in [-0.4, -0.2) is 35.9 Å². The van der Waals surface area contributed by atoms with Crippen molar-refractivity contribution in [3.63, 3.8) is 0 Å². The molecule has 11 heteroatoms. The lowest BCUT2D eigenvalue weighted by atomic mass is 10.1. The molecule has 0 bridgehead atoms. The summed E-state index contributed by atoms with van der Waals surface area (Å²) in [7, 11) is -6.42. The fraction of sp³-hybridized carbons (Fsp3) is 0.240. The van der Waals surface area contributed by atoms with Crippen LogP contribution >= 0.6 is 0 Å². The predicted molar refractivity (Wildman–Crippen MR) is 140 cm³/mol. The maximum Gasteiger partial charge on any atom is 0.262 e. The Labute approximate surface area is 212 Å². The van der Waals surface area contributed by atoms with Gasteiger partial charge in [0.25, 0.3) is 15.9 Å². The zero-order valence-corrected chi connectivity index (χ0v) is 22.2. The summed E-state index contributed by atoms with van der Waals surface area (Å²) >= 11 is 0. The van der Waals surface area contributed by atoms with E-state index in [4.69, 9.17) is 4.74 Å². The van der Waals surface area contributed by atoms with E-state index in [2.05, 4.69) is 14.8 Å². The third-order valence-corrected chi connectivity index (χ3v) is 8.41. The van der Waals surface area contributed by atoms with E-state index in [1.165, 1.54) is 43.5 Å². The normalized spacial score (nSPS) is 11.8. The summed E-state index contributed by atoms with van der Waals surface area (Å²) in [6, 6.07) is 15.0. The van der Waals surface area contributed by atoms with E-state index in [9.17, 15) is 21.6 Å². The lowest BCUT2D eigenvalue weighted by Crippen LogP contribution is -2.30. The summed E-state index contributed by atoms with van der Waals surface area (Å²) in [6.07, 6.45) is 0. The van der Waals surface area contributed by atoms with Crippen LogP contribution in [0.1, 0.15) is 35.3 Å². The van der Waals surface area contributed by atoms with Crippen molar-refractivity contribution >= 4 is 37.3 Å². The van der Waals surface area contributed by atoms with Crippen molar-refractivity contribution in [2.24, 2.45) is 0 Å². The predicted octanol–water partition coefficient (Wildman–Crippen LogP) is 4.05. The first-order valence-electron chi connectivity index (χ1n) is 11.0. The molecule has 0 radical (unpaired) electrons. The van der Waals surface area contributed by atoms with Gasteiger partial charge in [-0.1, -0.05) is 24.3 Å². The molecule has 3 N–H and O–H groups in total. The first-order chi connectivity index (χ1) is 16.8. The van der Waals surface area contributed by atoms with Crippen LogP contribution in [0.5, 0.6) is 5.75 Å². The van der Waals surface area contributed by atoms with Gasteiger partial charge in [-0.15, -0.1) is 0 Å². The minimum Gasteiger partial charge on any atom is -0.495 e. The highest BCUT2D eigenvalue weighted by Gasteiger charge is 2.22. The average Bonchev–Trinajstić information content (AvgIpc) is 2.79. The number of anilines is 2. The second-order valence-electron chi connectivity index (χ2n) is 8.49. The van der Waals surface area contributed by atoms with Crippen molar-refractivity contribution in [1.29, 1.82) is 0 Å². The summed E-state index contributed by atoms with van der Waals surface area (Å²) in [5.41, 5.74) is 1.84. The number of rotatable bonds is 9.